The second kappa shape index (κ2) is 10.5. The van der Waals surface area contributed by atoms with Gasteiger partial charge in [-0.3, -0.25) is 4.79 Å². The highest BCUT2D eigenvalue weighted by molar-refractivity contribution is 7.10. The molecule has 5 nitrogen and oxygen atoms in total. The SMILES string of the molecule is CC[C@@H](C)c1ccc(NC(=O)COC(=O)c2c3c(nc4ccccc24)/C(=C\c2cccs2)CC3)cc1. The Morgan fingerprint density at radius 1 is 1.08 bits per heavy atom. The number of carbonyl (C=O) groups is 2. The van der Waals surface area contributed by atoms with Gasteiger partial charge in [-0.2, -0.15) is 0 Å². The Morgan fingerprint density at radius 3 is 2.64 bits per heavy atom. The molecule has 5 rings (SSSR count). The van der Waals surface area contributed by atoms with Gasteiger partial charge in [-0.25, -0.2) is 9.78 Å². The van der Waals surface area contributed by atoms with E-state index in [-0.39, 0.29) is 12.5 Å². The van der Waals surface area contributed by atoms with Crippen LogP contribution in [-0.2, 0) is 16.0 Å². The predicted molar refractivity (Wildman–Crippen MR) is 146 cm³/mol. The molecule has 0 radical (unpaired) electrons. The van der Waals surface area contributed by atoms with Gasteiger partial charge in [0.15, 0.2) is 6.61 Å². The topological polar surface area (TPSA) is 68.3 Å². The van der Waals surface area contributed by atoms with E-state index in [0.29, 0.717) is 23.6 Å². The Kier molecular flexibility index (Phi) is 6.96. The number of allylic oxidation sites excluding steroid dienone is 1. The fourth-order valence-corrected chi connectivity index (χ4v) is 5.27. The highest BCUT2D eigenvalue weighted by Gasteiger charge is 2.28. The minimum Gasteiger partial charge on any atom is -0.452 e. The quantitative estimate of drug-likeness (QED) is 0.277. The van der Waals surface area contributed by atoms with Gasteiger partial charge < -0.3 is 10.1 Å². The zero-order valence-corrected chi connectivity index (χ0v) is 21.2. The van der Waals surface area contributed by atoms with Crippen molar-refractivity contribution in [2.45, 2.75) is 39.0 Å². The first-order valence-electron chi connectivity index (χ1n) is 12.3. The predicted octanol–water partition coefficient (Wildman–Crippen LogP) is 7.09. The fourth-order valence-electron chi connectivity index (χ4n) is 4.59. The summed E-state index contributed by atoms with van der Waals surface area (Å²) in [6, 6.07) is 19.5. The summed E-state index contributed by atoms with van der Waals surface area (Å²) in [5.74, 6) is -0.397. The van der Waals surface area contributed by atoms with Gasteiger partial charge in [0.1, 0.15) is 0 Å². The number of amides is 1. The van der Waals surface area contributed by atoms with Gasteiger partial charge in [-0.05, 0) is 77.6 Å². The van der Waals surface area contributed by atoms with E-state index in [2.05, 4.69) is 31.3 Å². The number of esters is 1. The molecular formula is C30H28N2O3S. The third-order valence-electron chi connectivity index (χ3n) is 6.72. The minimum absolute atomic E-state index is 0.352. The van der Waals surface area contributed by atoms with E-state index in [4.69, 9.17) is 9.72 Å². The van der Waals surface area contributed by atoms with Crippen molar-refractivity contribution in [1.82, 2.24) is 4.98 Å². The monoisotopic (exact) mass is 496 g/mol. The molecule has 2 aromatic heterocycles. The lowest BCUT2D eigenvalue weighted by Crippen LogP contribution is -2.21. The molecule has 1 N–H and O–H groups in total. The number of pyridine rings is 1. The molecule has 182 valence electrons. The van der Waals surface area contributed by atoms with E-state index in [1.165, 1.54) is 5.56 Å². The van der Waals surface area contributed by atoms with Crippen molar-refractivity contribution in [2.75, 3.05) is 11.9 Å². The molecule has 1 aliphatic carbocycles. The number of nitrogens with one attached hydrogen (secondary N) is 1. The van der Waals surface area contributed by atoms with Crippen molar-refractivity contribution < 1.29 is 14.3 Å². The van der Waals surface area contributed by atoms with Crippen LogP contribution in [-0.4, -0.2) is 23.5 Å². The van der Waals surface area contributed by atoms with Crippen molar-refractivity contribution in [3.8, 4) is 0 Å². The molecule has 0 spiro atoms. The lowest BCUT2D eigenvalue weighted by atomic mass is 9.99. The number of hydrogen-bond donors (Lipinski definition) is 1. The van der Waals surface area contributed by atoms with Crippen molar-refractivity contribution >= 4 is 51.5 Å². The summed E-state index contributed by atoms with van der Waals surface area (Å²) >= 11 is 1.67. The van der Waals surface area contributed by atoms with Crippen molar-refractivity contribution in [2.24, 2.45) is 0 Å². The van der Waals surface area contributed by atoms with Gasteiger partial charge in [0.2, 0.25) is 0 Å². The smallest absolute Gasteiger partial charge is 0.339 e. The maximum absolute atomic E-state index is 13.3. The van der Waals surface area contributed by atoms with Gasteiger partial charge in [0, 0.05) is 16.0 Å². The van der Waals surface area contributed by atoms with E-state index in [1.807, 2.05) is 60.0 Å². The lowest BCUT2D eigenvalue weighted by Gasteiger charge is -2.13. The van der Waals surface area contributed by atoms with E-state index >= 15 is 0 Å². The first kappa shape index (κ1) is 23.9. The molecule has 0 bridgehead atoms. The molecule has 0 saturated heterocycles. The normalized spacial score (nSPS) is 14.6. The Labute approximate surface area is 214 Å². The van der Waals surface area contributed by atoms with Crippen molar-refractivity contribution in [1.29, 1.82) is 0 Å². The van der Waals surface area contributed by atoms with Crippen LogP contribution in [0.4, 0.5) is 5.69 Å². The van der Waals surface area contributed by atoms with Crippen LogP contribution in [0, 0.1) is 0 Å². The third-order valence-corrected chi connectivity index (χ3v) is 7.54. The Balaban J connectivity index is 1.35. The molecule has 0 unspecified atom stereocenters. The molecule has 6 heteroatoms. The number of carbonyl (C=O) groups excluding carboxylic acids is 2. The third kappa shape index (κ3) is 4.95. The molecule has 2 heterocycles. The van der Waals surface area contributed by atoms with E-state index in [9.17, 15) is 9.59 Å². The molecule has 1 amide bonds. The van der Waals surface area contributed by atoms with Crippen LogP contribution in [0.15, 0.2) is 66.0 Å². The van der Waals surface area contributed by atoms with Crippen LogP contribution in [0.2, 0.25) is 0 Å². The van der Waals surface area contributed by atoms with Crippen LogP contribution in [0.1, 0.15) is 64.7 Å². The summed E-state index contributed by atoms with van der Waals surface area (Å²) in [6.07, 6.45) is 4.72. The molecule has 1 atom stereocenters. The molecule has 1 aliphatic rings. The van der Waals surface area contributed by atoms with Crippen LogP contribution in [0.3, 0.4) is 0 Å². The zero-order chi connectivity index (χ0) is 25.1. The summed E-state index contributed by atoms with van der Waals surface area (Å²) in [5.41, 5.74) is 6.02. The average Bonchev–Trinajstić information content (AvgIpc) is 3.56. The van der Waals surface area contributed by atoms with Crippen molar-refractivity contribution in [3.63, 3.8) is 0 Å². The minimum atomic E-state index is -0.496. The summed E-state index contributed by atoms with van der Waals surface area (Å²) in [6.45, 7) is 3.97. The number of rotatable bonds is 7. The molecule has 0 fully saturated rings. The van der Waals surface area contributed by atoms with Gasteiger partial charge in [-0.1, -0.05) is 50.2 Å². The van der Waals surface area contributed by atoms with Crippen molar-refractivity contribution in [3.05, 3.63) is 93.3 Å². The largest absolute Gasteiger partial charge is 0.452 e. The standard InChI is InChI=1S/C30H28N2O3S/c1-3-19(2)20-10-13-22(14-11-20)31-27(33)18-35-30(34)28-24-8-4-5-9-26(24)32-29-21(12-15-25(28)29)17-23-7-6-16-36-23/h4-11,13-14,16-17,19H,3,12,15,18H2,1-2H3,(H,31,33)/b21-17-/t19-/m1/s1. The van der Waals surface area contributed by atoms with E-state index in [1.54, 1.807) is 11.3 Å². The number of para-hydroxylation sites is 1. The lowest BCUT2D eigenvalue weighted by molar-refractivity contribution is -0.119. The molecule has 2 aromatic carbocycles. The zero-order valence-electron chi connectivity index (χ0n) is 20.4. The summed E-state index contributed by atoms with van der Waals surface area (Å²) in [4.78, 5) is 31.9. The summed E-state index contributed by atoms with van der Waals surface area (Å²) < 4.78 is 5.52. The average molecular weight is 497 g/mol. The number of anilines is 1. The first-order valence-corrected chi connectivity index (χ1v) is 13.1. The Hall–Kier alpha value is -3.77. The Morgan fingerprint density at radius 2 is 1.89 bits per heavy atom. The van der Waals surface area contributed by atoms with Crippen LogP contribution in [0.5, 0.6) is 0 Å². The maximum Gasteiger partial charge on any atom is 0.339 e. The maximum atomic E-state index is 13.3. The van der Waals surface area contributed by atoms with Crippen LogP contribution < -0.4 is 5.32 Å². The molecule has 36 heavy (non-hydrogen) atoms. The number of aromatic nitrogens is 1. The van der Waals surface area contributed by atoms with Gasteiger partial charge in [-0.15, -0.1) is 11.3 Å². The number of nitrogens with zero attached hydrogens (tertiary/aromatic N) is 1. The molecular weight excluding hydrogens is 468 g/mol. The Bertz CT molecular complexity index is 1440. The number of fused-ring (bicyclic) bond motifs is 2. The number of thiophene rings is 1. The van der Waals surface area contributed by atoms with Gasteiger partial charge >= 0.3 is 5.97 Å². The van der Waals surface area contributed by atoms with E-state index < -0.39 is 5.97 Å². The van der Waals surface area contributed by atoms with Crippen LogP contribution >= 0.6 is 11.3 Å². The van der Waals surface area contributed by atoms with Gasteiger partial charge in [0.05, 0.1) is 16.8 Å². The van der Waals surface area contributed by atoms with Gasteiger partial charge in [0.25, 0.3) is 5.91 Å². The second-order valence-corrected chi connectivity index (χ2v) is 10.1. The summed E-state index contributed by atoms with van der Waals surface area (Å²) in [5, 5.41) is 5.61. The fraction of sp³-hybridized carbons (Fsp3) is 0.233. The second-order valence-electron chi connectivity index (χ2n) is 9.07. The number of hydrogen-bond acceptors (Lipinski definition) is 5. The highest BCUT2D eigenvalue weighted by Crippen LogP contribution is 2.38. The van der Waals surface area contributed by atoms with E-state index in [0.717, 1.165) is 45.5 Å². The number of ether oxygens (including phenoxy) is 1. The molecule has 0 saturated carbocycles. The molecule has 0 aliphatic heterocycles. The first-order chi connectivity index (χ1) is 17.5. The molecule has 4 aromatic rings. The number of benzene rings is 2. The van der Waals surface area contributed by atoms with Crippen LogP contribution in [0.25, 0.3) is 22.6 Å². The summed E-state index contributed by atoms with van der Waals surface area (Å²) in [7, 11) is 0. The highest BCUT2D eigenvalue weighted by atomic mass is 32.1.